The highest BCUT2D eigenvalue weighted by Crippen LogP contribution is 2.28. The summed E-state index contributed by atoms with van der Waals surface area (Å²) in [7, 11) is -1.56. The van der Waals surface area contributed by atoms with Gasteiger partial charge in [-0.05, 0) is 62.7 Å². The molecule has 12 heteroatoms. The predicted molar refractivity (Wildman–Crippen MR) is 165 cm³/mol. The van der Waals surface area contributed by atoms with Gasteiger partial charge in [0.15, 0.2) is 0 Å². The summed E-state index contributed by atoms with van der Waals surface area (Å²) in [5.41, 5.74) is 0.635. The molecule has 8 nitrogen and oxygen atoms in total. The van der Waals surface area contributed by atoms with Crippen LogP contribution in [0.5, 0.6) is 0 Å². The van der Waals surface area contributed by atoms with E-state index in [0.29, 0.717) is 5.56 Å². The highest BCUT2D eigenvalue weighted by molar-refractivity contribution is 7.90. The van der Waals surface area contributed by atoms with Crippen LogP contribution in [0.2, 0.25) is 10.0 Å². The van der Waals surface area contributed by atoms with Gasteiger partial charge in [-0.15, -0.1) is 0 Å². The van der Waals surface area contributed by atoms with Crippen LogP contribution < -0.4 is 9.62 Å². The molecule has 0 unspecified atom stereocenters. The number of carbonyl (C=O) groups is 2. The topological polar surface area (TPSA) is 90.0 Å². The molecular weight excluding hydrogens is 602 g/mol. The summed E-state index contributed by atoms with van der Waals surface area (Å²) >= 11 is 13.0. The van der Waals surface area contributed by atoms with Crippen molar-refractivity contribution in [3.8, 4) is 0 Å². The van der Waals surface area contributed by atoms with Gasteiger partial charge in [-0.25, -0.2) is 8.70 Å². The van der Waals surface area contributed by atoms with Gasteiger partial charge in [-0.2, -0.15) is 12.7 Å². The molecule has 1 atom stereocenters. The predicted octanol–water partition coefficient (Wildman–Crippen LogP) is 5.30. The number of hydrogen-bond donors (Lipinski definition) is 1. The van der Waals surface area contributed by atoms with Crippen molar-refractivity contribution in [3.63, 3.8) is 0 Å². The van der Waals surface area contributed by atoms with Crippen LogP contribution in [0.1, 0.15) is 31.9 Å². The maximum absolute atomic E-state index is 14.3. The minimum atomic E-state index is -4.21. The van der Waals surface area contributed by atoms with Crippen LogP contribution in [0.25, 0.3) is 0 Å². The molecule has 0 aliphatic rings. The van der Waals surface area contributed by atoms with E-state index < -0.39 is 46.0 Å². The molecule has 226 valence electrons. The van der Waals surface area contributed by atoms with E-state index in [1.807, 2.05) is 51.1 Å². The van der Waals surface area contributed by atoms with Crippen LogP contribution in [0.3, 0.4) is 0 Å². The molecule has 3 rings (SSSR count). The Morgan fingerprint density at radius 2 is 1.48 bits per heavy atom. The Hall–Kier alpha value is -3.18. The molecule has 0 aromatic heterocycles. The number of nitrogens with one attached hydrogen (secondary N) is 1. The molecule has 2 amide bonds. The normalized spacial score (nSPS) is 12.6. The zero-order valence-corrected chi connectivity index (χ0v) is 26.5. The molecule has 0 fully saturated rings. The SMILES string of the molecule is CN(C)S(=O)(=O)N(CC(=O)N(Cc1c(Cl)cccc1Cl)[C@@H](Cc1ccccc1)C(=O)NC(C)(C)C)c1ccc(F)cc1. The van der Waals surface area contributed by atoms with Crippen molar-refractivity contribution in [2.24, 2.45) is 0 Å². The largest absolute Gasteiger partial charge is 0.350 e. The molecular formula is C30H35Cl2FN4O4S. The van der Waals surface area contributed by atoms with Gasteiger partial charge in [0.05, 0.1) is 5.69 Å². The molecule has 42 heavy (non-hydrogen) atoms. The van der Waals surface area contributed by atoms with Gasteiger partial charge in [0.2, 0.25) is 11.8 Å². The van der Waals surface area contributed by atoms with Crippen LogP contribution >= 0.6 is 23.2 Å². The second-order valence-electron chi connectivity index (χ2n) is 10.9. The fourth-order valence-electron chi connectivity index (χ4n) is 4.18. The number of amides is 2. The monoisotopic (exact) mass is 636 g/mol. The van der Waals surface area contributed by atoms with Crippen molar-refractivity contribution < 1.29 is 22.4 Å². The zero-order chi connectivity index (χ0) is 31.2. The van der Waals surface area contributed by atoms with Crippen molar-refractivity contribution in [3.05, 3.63) is 99.8 Å². The van der Waals surface area contributed by atoms with Crippen molar-refractivity contribution in [1.82, 2.24) is 14.5 Å². The molecule has 0 aliphatic heterocycles. The molecule has 0 saturated carbocycles. The van der Waals surface area contributed by atoms with E-state index >= 15 is 0 Å². The Kier molecular flexibility index (Phi) is 11.0. The molecule has 0 spiro atoms. The fourth-order valence-corrected chi connectivity index (χ4v) is 5.76. The average molecular weight is 638 g/mol. The quantitative estimate of drug-likeness (QED) is 0.309. The van der Waals surface area contributed by atoms with Crippen LogP contribution in [0, 0.1) is 5.82 Å². The maximum atomic E-state index is 14.3. The lowest BCUT2D eigenvalue weighted by Crippen LogP contribution is -2.56. The van der Waals surface area contributed by atoms with Crippen molar-refractivity contribution in [2.75, 3.05) is 24.9 Å². The average Bonchev–Trinajstić information content (AvgIpc) is 2.90. The van der Waals surface area contributed by atoms with E-state index in [1.54, 1.807) is 18.2 Å². The highest BCUT2D eigenvalue weighted by atomic mass is 35.5. The number of halogens is 3. The number of rotatable bonds is 11. The van der Waals surface area contributed by atoms with E-state index in [0.717, 1.165) is 26.3 Å². The van der Waals surface area contributed by atoms with E-state index in [2.05, 4.69) is 5.32 Å². The Labute approximate surface area is 257 Å². The Bertz CT molecular complexity index is 1480. The summed E-state index contributed by atoms with van der Waals surface area (Å²) in [4.78, 5) is 29.4. The second-order valence-corrected chi connectivity index (χ2v) is 13.8. The van der Waals surface area contributed by atoms with Gasteiger partial charge in [0.1, 0.15) is 18.4 Å². The van der Waals surface area contributed by atoms with Crippen LogP contribution in [0.4, 0.5) is 10.1 Å². The van der Waals surface area contributed by atoms with Gasteiger partial charge in [0, 0.05) is 48.2 Å². The van der Waals surface area contributed by atoms with Crippen LogP contribution in [-0.4, -0.2) is 61.7 Å². The lowest BCUT2D eigenvalue weighted by Gasteiger charge is -2.36. The van der Waals surface area contributed by atoms with Crippen molar-refractivity contribution in [2.45, 2.75) is 45.3 Å². The van der Waals surface area contributed by atoms with Crippen molar-refractivity contribution in [1.29, 1.82) is 0 Å². The number of benzene rings is 3. The van der Waals surface area contributed by atoms with Gasteiger partial charge in [-0.3, -0.25) is 9.59 Å². The molecule has 3 aromatic rings. The third kappa shape index (κ3) is 8.67. The summed E-state index contributed by atoms with van der Waals surface area (Å²) in [6, 6.07) is 17.7. The first-order chi connectivity index (χ1) is 19.6. The van der Waals surface area contributed by atoms with Gasteiger partial charge < -0.3 is 10.2 Å². The molecule has 0 saturated heterocycles. The van der Waals surface area contributed by atoms with E-state index in [1.165, 1.54) is 31.1 Å². The van der Waals surface area contributed by atoms with Crippen molar-refractivity contribution >= 4 is 50.9 Å². The number of anilines is 1. The number of carbonyl (C=O) groups excluding carboxylic acids is 2. The molecule has 0 heterocycles. The molecule has 3 aromatic carbocycles. The molecule has 0 bridgehead atoms. The van der Waals surface area contributed by atoms with Gasteiger partial charge in [-0.1, -0.05) is 59.6 Å². The summed E-state index contributed by atoms with van der Waals surface area (Å²) in [5, 5.41) is 3.52. The maximum Gasteiger partial charge on any atom is 0.304 e. The third-order valence-electron chi connectivity index (χ3n) is 6.29. The lowest BCUT2D eigenvalue weighted by molar-refractivity contribution is -0.140. The van der Waals surface area contributed by atoms with Gasteiger partial charge in [0.25, 0.3) is 0 Å². The zero-order valence-electron chi connectivity index (χ0n) is 24.1. The molecule has 0 aliphatic carbocycles. The lowest BCUT2D eigenvalue weighted by atomic mass is 10.0. The van der Waals surface area contributed by atoms with Gasteiger partial charge >= 0.3 is 10.2 Å². The smallest absolute Gasteiger partial charge is 0.304 e. The first-order valence-electron chi connectivity index (χ1n) is 13.1. The van der Waals surface area contributed by atoms with E-state index in [-0.39, 0.29) is 28.7 Å². The number of nitrogens with zero attached hydrogens (tertiary/aromatic N) is 3. The molecule has 0 radical (unpaired) electrons. The Morgan fingerprint density at radius 1 is 0.905 bits per heavy atom. The van der Waals surface area contributed by atoms with E-state index in [4.69, 9.17) is 23.2 Å². The third-order valence-corrected chi connectivity index (χ3v) is 8.82. The van der Waals surface area contributed by atoms with Crippen LogP contribution in [0.15, 0.2) is 72.8 Å². The fraction of sp³-hybridized carbons (Fsp3) is 0.333. The molecule has 1 N–H and O–H groups in total. The van der Waals surface area contributed by atoms with E-state index in [9.17, 15) is 22.4 Å². The van der Waals surface area contributed by atoms with Crippen LogP contribution in [-0.2, 0) is 32.8 Å². The summed E-state index contributed by atoms with van der Waals surface area (Å²) < 4.78 is 42.3. The Morgan fingerprint density at radius 3 is 2.00 bits per heavy atom. The highest BCUT2D eigenvalue weighted by Gasteiger charge is 2.36. The minimum absolute atomic E-state index is 0.0768. The first-order valence-corrected chi connectivity index (χ1v) is 15.3. The minimum Gasteiger partial charge on any atom is -0.350 e. The first kappa shape index (κ1) is 33.3. The second kappa shape index (κ2) is 13.9. The summed E-state index contributed by atoms with van der Waals surface area (Å²) in [5.74, 6) is -1.69. The number of hydrogen-bond acceptors (Lipinski definition) is 4. The standard InChI is InChI=1S/C30H35Cl2FN4O4S/c1-30(2,3)34-29(39)27(18-21-10-7-6-8-11-21)36(19-24-25(31)12-9-13-26(24)32)28(38)20-37(42(40,41)35(4)5)23-16-14-22(33)15-17-23/h6-17,27H,18-20H2,1-5H3,(H,34,39)/t27-/m0/s1. The summed E-state index contributed by atoms with van der Waals surface area (Å²) in [6.45, 7) is 4.61. The summed E-state index contributed by atoms with van der Waals surface area (Å²) in [6.07, 6.45) is 0.132. The Balaban J connectivity index is 2.15.